The zero-order valence-corrected chi connectivity index (χ0v) is 15.5. The van der Waals surface area contributed by atoms with E-state index in [1.165, 1.54) is 12.5 Å². The van der Waals surface area contributed by atoms with E-state index >= 15 is 0 Å². The Balaban J connectivity index is 1.75. The van der Waals surface area contributed by atoms with Crippen molar-refractivity contribution in [1.29, 1.82) is 0 Å². The van der Waals surface area contributed by atoms with E-state index in [0.29, 0.717) is 25.2 Å². The van der Waals surface area contributed by atoms with Crippen molar-refractivity contribution in [3.8, 4) is 0 Å². The molecule has 0 heterocycles. The van der Waals surface area contributed by atoms with E-state index in [1.54, 1.807) is 0 Å². The minimum absolute atomic E-state index is 0.117. The number of hydrogen-bond donors (Lipinski definition) is 2. The second kappa shape index (κ2) is 5.26. The van der Waals surface area contributed by atoms with Gasteiger partial charge in [-0.25, -0.2) is 0 Å². The number of aliphatic hydroxyl groups excluding tert-OH is 1. The molecule has 25 heavy (non-hydrogen) atoms. The van der Waals surface area contributed by atoms with Crippen LogP contribution in [0.3, 0.4) is 0 Å². The largest absolute Gasteiger partial charge is 0.393 e. The molecule has 4 rings (SSSR count). The molecule has 4 unspecified atom stereocenters. The quantitative estimate of drug-likeness (QED) is 0.766. The number of Topliss-reactive ketones (excluding diaryl/α,β-unsaturated/α-hetero) is 1. The first-order valence-electron chi connectivity index (χ1n) is 9.79. The zero-order chi connectivity index (χ0) is 18.2. The van der Waals surface area contributed by atoms with Gasteiger partial charge in [0, 0.05) is 11.8 Å². The van der Waals surface area contributed by atoms with Crippen molar-refractivity contribution in [2.45, 2.75) is 77.4 Å². The average Bonchev–Trinajstić information content (AvgIpc) is 2.80. The number of allylic oxidation sites excluding steroid dienone is 1. The van der Waals surface area contributed by atoms with Crippen LogP contribution in [-0.4, -0.2) is 33.5 Å². The van der Waals surface area contributed by atoms with Crippen LogP contribution in [0.2, 0.25) is 0 Å². The van der Waals surface area contributed by atoms with Crippen LogP contribution in [0, 0.1) is 28.6 Å². The molecule has 138 valence electrons. The highest BCUT2D eigenvalue weighted by molar-refractivity contribution is 5.91. The van der Waals surface area contributed by atoms with Crippen LogP contribution in [0.1, 0.15) is 65.7 Å². The van der Waals surface area contributed by atoms with Gasteiger partial charge in [-0.05, 0) is 74.7 Å². The molecule has 0 saturated heterocycles. The lowest BCUT2D eigenvalue weighted by molar-refractivity contribution is -0.179. The summed E-state index contributed by atoms with van der Waals surface area (Å²) in [5.74, 6) is 0.776. The Morgan fingerprint density at radius 2 is 1.92 bits per heavy atom. The molecule has 0 radical (unpaired) electrons. The SMILES string of the molecule is CC(=O)[C@@]1(O)CCC2C3CCC4=CC(=O)CC[C@]4(C)C3C(O)C[C@@]21C. The Labute approximate surface area is 149 Å². The number of hydrogen-bond acceptors (Lipinski definition) is 4. The van der Waals surface area contributed by atoms with Crippen LogP contribution in [0.4, 0.5) is 0 Å². The molecular weight excluding hydrogens is 316 g/mol. The molecule has 0 amide bonds. The molecule has 7 atom stereocenters. The summed E-state index contributed by atoms with van der Waals surface area (Å²) >= 11 is 0. The zero-order valence-electron chi connectivity index (χ0n) is 15.5. The maximum Gasteiger partial charge on any atom is 0.161 e. The summed E-state index contributed by atoms with van der Waals surface area (Å²) < 4.78 is 0. The molecule has 2 N–H and O–H groups in total. The molecule has 4 aliphatic carbocycles. The predicted molar refractivity (Wildman–Crippen MR) is 93.7 cm³/mol. The Hall–Kier alpha value is -1.00. The summed E-state index contributed by atoms with van der Waals surface area (Å²) in [6.45, 7) is 5.73. The molecule has 4 nitrogen and oxygen atoms in total. The van der Waals surface area contributed by atoms with E-state index < -0.39 is 17.1 Å². The van der Waals surface area contributed by atoms with Crippen molar-refractivity contribution < 1.29 is 19.8 Å². The number of carbonyl (C=O) groups excluding carboxylic acids is 2. The first-order chi connectivity index (χ1) is 11.6. The number of aliphatic hydroxyl groups is 2. The minimum Gasteiger partial charge on any atom is -0.393 e. The van der Waals surface area contributed by atoms with Crippen molar-refractivity contribution in [3.63, 3.8) is 0 Å². The van der Waals surface area contributed by atoms with Crippen LogP contribution in [-0.2, 0) is 9.59 Å². The molecule has 4 heteroatoms. The van der Waals surface area contributed by atoms with Crippen molar-refractivity contribution >= 4 is 11.6 Å². The fourth-order valence-electron chi connectivity index (χ4n) is 7.27. The van der Waals surface area contributed by atoms with E-state index in [0.717, 1.165) is 25.7 Å². The van der Waals surface area contributed by atoms with E-state index in [1.807, 2.05) is 13.0 Å². The van der Waals surface area contributed by atoms with E-state index in [4.69, 9.17) is 0 Å². The smallest absolute Gasteiger partial charge is 0.161 e. The van der Waals surface area contributed by atoms with Crippen LogP contribution in [0.15, 0.2) is 11.6 Å². The summed E-state index contributed by atoms with van der Waals surface area (Å²) in [7, 11) is 0. The standard InChI is InChI=1S/C21H30O4/c1-12(22)21(25)9-7-16-15-5-4-13-10-14(23)6-8-19(13,2)18(15)17(24)11-20(16,21)3/h10,15-18,24-25H,4-9,11H2,1-3H3/t15?,16?,17?,18?,19-,20-,21-/m0/s1. The van der Waals surface area contributed by atoms with Gasteiger partial charge in [0.15, 0.2) is 11.6 Å². The van der Waals surface area contributed by atoms with Gasteiger partial charge in [0.05, 0.1) is 6.10 Å². The molecule has 0 aromatic carbocycles. The van der Waals surface area contributed by atoms with Crippen molar-refractivity contribution in [1.82, 2.24) is 0 Å². The van der Waals surface area contributed by atoms with Gasteiger partial charge in [-0.1, -0.05) is 19.4 Å². The molecule has 4 aliphatic rings. The van der Waals surface area contributed by atoms with Crippen LogP contribution in [0.25, 0.3) is 0 Å². The molecular formula is C21H30O4. The highest BCUT2D eigenvalue weighted by Gasteiger charge is 2.67. The third-order valence-corrected chi connectivity index (χ3v) is 8.63. The van der Waals surface area contributed by atoms with Crippen LogP contribution < -0.4 is 0 Å². The number of fused-ring (bicyclic) bond motifs is 5. The third-order valence-electron chi connectivity index (χ3n) is 8.63. The Morgan fingerprint density at radius 1 is 1.20 bits per heavy atom. The second-order valence-corrected chi connectivity index (χ2v) is 9.53. The second-order valence-electron chi connectivity index (χ2n) is 9.53. The number of rotatable bonds is 1. The first-order valence-corrected chi connectivity index (χ1v) is 9.79. The van der Waals surface area contributed by atoms with Gasteiger partial charge < -0.3 is 10.2 Å². The van der Waals surface area contributed by atoms with Crippen molar-refractivity contribution in [3.05, 3.63) is 11.6 Å². The summed E-state index contributed by atoms with van der Waals surface area (Å²) in [5.41, 5.74) is -0.744. The van der Waals surface area contributed by atoms with Gasteiger partial charge in [0.1, 0.15) is 5.60 Å². The lowest BCUT2D eigenvalue weighted by Gasteiger charge is -2.60. The topological polar surface area (TPSA) is 74.6 Å². The van der Waals surface area contributed by atoms with Gasteiger partial charge in [-0.3, -0.25) is 9.59 Å². The molecule has 0 bridgehead atoms. The summed E-state index contributed by atoms with van der Waals surface area (Å²) in [6.07, 6.45) is 6.38. The molecule has 0 aliphatic heterocycles. The maximum absolute atomic E-state index is 12.2. The first kappa shape index (κ1) is 17.4. The van der Waals surface area contributed by atoms with Crippen LogP contribution >= 0.6 is 0 Å². The Morgan fingerprint density at radius 3 is 2.60 bits per heavy atom. The maximum atomic E-state index is 12.2. The highest BCUT2D eigenvalue weighted by Crippen LogP contribution is 2.67. The minimum atomic E-state index is -1.30. The molecule has 3 fully saturated rings. The van der Waals surface area contributed by atoms with Gasteiger partial charge in [0.25, 0.3) is 0 Å². The third kappa shape index (κ3) is 2.07. The Kier molecular flexibility index (Phi) is 3.66. The summed E-state index contributed by atoms with van der Waals surface area (Å²) in [6, 6.07) is 0. The van der Waals surface area contributed by atoms with Crippen molar-refractivity contribution in [2.75, 3.05) is 0 Å². The van der Waals surface area contributed by atoms with Gasteiger partial charge in [0.2, 0.25) is 0 Å². The number of ketones is 2. The van der Waals surface area contributed by atoms with Crippen LogP contribution in [0.5, 0.6) is 0 Å². The predicted octanol–water partition coefficient (Wildman–Crippen LogP) is 2.81. The van der Waals surface area contributed by atoms with Gasteiger partial charge in [-0.2, -0.15) is 0 Å². The normalized spacial score (nSPS) is 52.0. The Bertz CT molecular complexity index is 667. The lowest BCUT2D eigenvalue weighted by atomic mass is 9.45. The fraction of sp³-hybridized carbons (Fsp3) is 0.810. The van der Waals surface area contributed by atoms with E-state index in [2.05, 4.69) is 6.92 Å². The molecule has 0 aromatic heterocycles. The average molecular weight is 346 g/mol. The van der Waals surface area contributed by atoms with Gasteiger partial charge >= 0.3 is 0 Å². The highest BCUT2D eigenvalue weighted by atomic mass is 16.3. The van der Waals surface area contributed by atoms with Gasteiger partial charge in [-0.15, -0.1) is 0 Å². The van der Waals surface area contributed by atoms with E-state index in [-0.39, 0.29) is 28.8 Å². The molecule has 3 saturated carbocycles. The number of carbonyl (C=O) groups is 2. The summed E-state index contributed by atoms with van der Waals surface area (Å²) in [5, 5.41) is 22.3. The molecule has 0 spiro atoms. The summed E-state index contributed by atoms with van der Waals surface area (Å²) in [4.78, 5) is 24.1. The van der Waals surface area contributed by atoms with E-state index in [9.17, 15) is 19.8 Å². The molecule has 0 aromatic rings. The van der Waals surface area contributed by atoms with Crippen molar-refractivity contribution in [2.24, 2.45) is 28.6 Å². The monoisotopic (exact) mass is 346 g/mol. The lowest BCUT2D eigenvalue weighted by Crippen LogP contribution is -2.61. The fourth-order valence-corrected chi connectivity index (χ4v) is 7.27.